The van der Waals surface area contributed by atoms with Crippen LogP contribution in [0.3, 0.4) is 0 Å². The van der Waals surface area contributed by atoms with E-state index < -0.39 is 26.3 Å². The van der Waals surface area contributed by atoms with Crippen LogP contribution < -0.4 is 4.72 Å². The second kappa shape index (κ2) is 5.61. The fourth-order valence-electron chi connectivity index (χ4n) is 1.71. The lowest BCUT2D eigenvalue weighted by Crippen LogP contribution is -2.15. The summed E-state index contributed by atoms with van der Waals surface area (Å²) >= 11 is 0. The number of nitriles is 2. The molecule has 0 aromatic heterocycles. The average molecular weight is 301 g/mol. The fourth-order valence-corrected chi connectivity index (χ4v) is 2.95. The van der Waals surface area contributed by atoms with Crippen molar-refractivity contribution in [3.63, 3.8) is 0 Å². The second-order valence-electron chi connectivity index (χ2n) is 3.99. The molecule has 0 saturated carbocycles. The smallest absolute Gasteiger partial charge is 0.263 e. The van der Waals surface area contributed by atoms with Crippen molar-refractivity contribution in [2.45, 2.75) is 4.90 Å². The summed E-state index contributed by atoms with van der Waals surface area (Å²) in [7, 11) is -4.17. The van der Waals surface area contributed by atoms with Gasteiger partial charge in [0.15, 0.2) is 0 Å². The topological polar surface area (TPSA) is 93.8 Å². The van der Waals surface area contributed by atoms with Gasteiger partial charge in [-0.3, -0.25) is 4.72 Å². The highest BCUT2D eigenvalue weighted by Crippen LogP contribution is 2.23. The zero-order chi connectivity index (χ0) is 15.5. The Morgan fingerprint density at radius 1 is 1.00 bits per heavy atom. The van der Waals surface area contributed by atoms with Gasteiger partial charge < -0.3 is 0 Å². The molecule has 0 unspecified atom stereocenters. The van der Waals surface area contributed by atoms with Gasteiger partial charge in [0.1, 0.15) is 28.4 Å². The van der Waals surface area contributed by atoms with Crippen LogP contribution in [-0.4, -0.2) is 8.42 Å². The lowest BCUT2D eigenvalue weighted by atomic mass is 10.2. The molecule has 104 valence electrons. The highest BCUT2D eigenvalue weighted by Gasteiger charge is 2.22. The van der Waals surface area contributed by atoms with Crippen molar-refractivity contribution in [2.75, 3.05) is 4.72 Å². The van der Waals surface area contributed by atoms with E-state index in [4.69, 9.17) is 10.5 Å². The van der Waals surface area contributed by atoms with Crippen LogP contribution in [-0.2, 0) is 10.0 Å². The summed E-state index contributed by atoms with van der Waals surface area (Å²) in [6.07, 6.45) is 0. The first kappa shape index (κ1) is 14.5. The molecule has 2 aromatic carbocycles. The molecule has 0 heterocycles. The van der Waals surface area contributed by atoms with Gasteiger partial charge >= 0.3 is 0 Å². The quantitative estimate of drug-likeness (QED) is 0.941. The number of rotatable bonds is 3. The number of para-hydroxylation sites is 1. The van der Waals surface area contributed by atoms with Crippen molar-refractivity contribution in [1.29, 1.82) is 10.5 Å². The highest BCUT2D eigenvalue weighted by atomic mass is 32.2. The average Bonchev–Trinajstić information content (AvgIpc) is 2.47. The third-order valence-electron chi connectivity index (χ3n) is 2.67. The Morgan fingerprint density at radius 2 is 1.71 bits per heavy atom. The van der Waals surface area contributed by atoms with Gasteiger partial charge in [-0.1, -0.05) is 18.2 Å². The molecule has 2 rings (SSSR count). The number of nitrogens with one attached hydrogen (secondary N) is 1. The summed E-state index contributed by atoms with van der Waals surface area (Å²) in [4.78, 5) is -0.474. The Morgan fingerprint density at radius 3 is 2.38 bits per heavy atom. The van der Waals surface area contributed by atoms with E-state index in [1.807, 2.05) is 6.07 Å². The van der Waals surface area contributed by atoms with Gasteiger partial charge in [-0.15, -0.1) is 0 Å². The molecule has 21 heavy (non-hydrogen) atoms. The van der Waals surface area contributed by atoms with Crippen molar-refractivity contribution in [1.82, 2.24) is 0 Å². The molecule has 2 aromatic rings. The van der Waals surface area contributed by atoms with Gasteiger partial charge in [0, 0.05) is 0 Å². The second-order valence-corrected chi connectivity index (χ2v) is 5.64. The van der Waals surface area contributed by atoms with E-state index in [2.05, 4.69) is 4.72 Å². The molecule has 0 spiro atoms. The van der Waals surface area contributed by atoms with Crippen LogP contribution in [0, 0.1) is 28.5 Å². The number of nitrogens with zero attached hydrogens (tertiary/aromatic N) is 2. The lowest BCUT2D eigenvalue weighted by Gasteiger charge is -2.10. The number of anilines is 1. The summed E-state index contributed by atoms with van der Waals surface area (Å²) in [6, 6.07) is 12.7. The predicted octanol–water partition coefficient (Wildman–Crippen LogP) is 2.37. The molecular formula is C14H8FN3O2S. The van der Waals surface area contributed by atoms with Gasteiger partial charge in [-0.05, 0) is 24.3 Å². The Hall–Kier alpha value is -2.90. The van der Waals surface area contributed by atoms with Crippen LogP contribution in [0.25, 0.3) is 0 Å². The maximum Gasteiger partial charge on any atom is 0.263 e. The molecule has 5 nitrogen and oxygen atoms in total. The molecular weight excluding hydrogens is 293 g/mol. The number of sulfonamides is 1. The third kappa shape index (κ3) is 2.83. The van der Waals surface area contributed by atoms with E-state index >= 15 is 0 Å². The van der Waals surface area contributed by atoms with Crippen molar-refractivity contribution < 1.29 is 12.8 Å². The van der Waals surface area contributed by atoms with E-state index in [-0.39, 0.29) is 11.3 Å². The molecule has 0 aliphatic rings. The zero-order valence-corrected chi connectivity index (χ0v) is 11.4. The number of benzene rings is 2. The van der Waals surface area contributed by atoms with Crippen molar-refractivity contribution in [2.24, 2.45) is 0 Å². The van der Waals surface area contributed by atoms with Gasteiger partial charge in [-0.25, -0.2) is 12.8 Å². The molecule has 0 amide bonds. The van der Waals surface area contributed by atoms with Gasteiger partial charge in [0.05, 0.1) is 11.3 Å². The molecule has 0 aliphatic carbocycles. The maximum absolute atomic E-state index is 13.5. The minimum atomic E-state index is -4.17. The molecule has 7 heteroatoms. The van der Waals surface area contributed by atoms with E-state index in [0.717, 1.165) is 12.1 Å². The van der Waals surface area contributed by atoms with Gasteiger partial charge in [-0.2, -0.15) is 10.5 Å². The molecule has 0 atom stereocenters. The van der Waals surface area contributed by atoms with Crippen LogP contribution in [0.5, 0.6) is 0 Å². The van der Waals surface area contributed by atoms with E-state index in [1.54, 1.807) is 12.1 Å². The fraction of sp³-hybridized carbons (Fsp3) is 0. The molecule has 0 aliphatic heterocycles. The maximum atomic E-state index is 13.5. The summed E-state index contributed by atoms with van der Waals surface area (Å²) < 4.78 is 40.2. The van der Waals surface area contributed by atoms with E-state index in [9.17, 15) is 12.8 Å². The normalized spacial score (nSPS) is 10.4. The monoisotopic (exact) mass is 301 g/mol. The minimum Gasteiger partial charge on any atom is -0.278 e. The predicted molar refractivity (Wildman–Crippen MR) is 73.1 cm³/mol. The number of hydrogen-bond acceptors (Lipinski definition) is 4. The van der Waals surface area contributed by atoms with Gasteiger partial charge in [0.25, 0.3) is 10.0 Å². The number of halogens is 1. The van der Waals surface area contributed by atoms with E-state index in [1.165, 1.54) is 24.3 Å². The summed E-state index contributed by atoms with van der Waals surface area (Å²) in [5, 5.41) is 17.8. The third-order valence-corrected chi connectivity index (χ3v) is 4.08. The number of hydrogen-bond donors (Lipinski definition) is 1. The highest BCUT2D eigenvalue weighted by molar-refractivity contribution is 7.92. The first-order valence-electron chi connectivity index (χ1n) is 5.70. The summed E-state index contributed by atoms with van der Waals surface area (Å²) in [5.41, 5.74) is -0.386. The van der Waals surface area contributed by atoms with Crippen LogP contribution in [0.1, 0.15) is 11.1 Å². The Kier molecular flexibility index (Phi) is 3.88. The van der Waals surface area contributed by atoms with Crippen molar-refractivity contribution in [3.05, 3.63) is 59.4 Å². The molecule has 0 fully saturated rings. The Labute approximate surface area is 120 Å². The minimum absolute atomic E-state index is 0.0631. The zero-order valence-electron chi connectivity index (χ0n) is 10.5. The molecule has 0 saturated heterocycles. The summed E-state index contributed by atoms with van der Waals surface area (Å²) in [5.74, 6) is -0.922. The standard InChI is InChI=1S/C14H8FN3O2S/c15-12-5-3-7-14(11(12)9-17)21(19,20)18-13-6-2-1-4-10(13)8-16/h1-7,18H. The van der Waals surface area contributed by atoms with Crippen LogP contribution >= 0.6 is 0 Å². The first-order chi connectivity index (χ1) is 9.99. The Bertz CT molecular complexity index is 880. The van der Waals surface area contributed by atoms with Crippen LogP contribution in [0.4, 0.5) is 10.1 Å². The largest absolute Gasteiger partial charge is 0.278 e. The summed E-state index contributed by atoms with van der Waals surface area (Å²) in [6.45, 7) is 0. The SMILES string of the molecule is N#Cc1ccccc1NS(=O)(=O)c1cccc(F)c1C#N. The Balaban J connectivity index is 2.53. The molecule has 0 bridgehead atoms. The van der Waals surface area contributed by atoms with Crippen LogP contribution in [0.2, 0.25) is 0 Å². The molecule has 1 N–H and O–H groups in total. The van der Waals surface area contributed by atoms with Crippen molar-refractivity contribution >= 4 is 15.7 Å². The van der Waals surface area contributed by atoms with E-state index in [0.29, 0.717) is 0 Å². The van der Waals surface area contributed by atoms with Gasteiger partial charge in [0.2, 0.25) is 0 Å². The first-order valence-corrected chi connectivity index (χ1v) is 7.18. The van der Waals surface area contributed by atoms with Crippen LogP contribution in [0.15, 0.2) is 47.4 Å². The van der Waals surface area contributed by atoms with Crippen molar-refractivity contribution in [3.8, 4) is 12.1 Å². The lowest BCUT2D eigenvalue weighted by molar-refractivity contribution is 0.593. The molecule has 0 radical (unpaired) electrons.